The summed E-state index contributed by atoms with van der Waals surface area (Å²) in [4.78, 5) is 14.8. The molecule has 1 aromatic heterocycles. The quantitative estimate of drug-likeness (QED) is 0.838. The standard InChI is InChI=1S/C19H24N4O2/c1-13-3-7-15(8-4-13)19(24)22-10-16(12-25-2)18-17(11-22)20-21-23(18)9-14-5-6-14/h3-4,7-8,14,16H,5-6,9-12H2,1-2H3/t16-/m1/s1. The van der Waals surface area contributed by atoms with E-state index in [1.807, 2.05) is 40.8 Å². The predicted octanol–water partition coefficient (Wildman–Crippen LogP) is 2.38. The molecule has 25 heavy (non-hydrogen) atoms. The van der Waals surface area contributed by atoms with Gasteiger partial charge in [-0.1, -0.05) is 22.9 Å². The van der Waals surface area contributed by atoms with E-state index in [9.17, 15) is 4.79 Å². The van der Waals surface area contributed by atoms with Gasteiger partial charge in [0.25, 0.3) is 5.91 Å². The van der Waals surface area contributed by atoms with Gasteiger partial charge in [-0.3, -0.25) is 4.79 Å². The number of aromatic nitrogens is 3. The first-order chi connectivity index (χ1) is 12.2. The molecule has 1 aliphatic carbocycles. The first-order valence-electron chi connectivity index (χ1n) is 8.93. The van der Waals surface area contributed by atoms with E-state index < -0.39 is 0 Å². The van der Waals surface area contributed by atoms with E-state index in [1.165, 1.54) is 12.8 Å². The van der Waals surface area contributed by atoms with Gasteiger partial charge >= 0.3 is 0 Å². The normalized spacial score (nSPS) is 19.8. The van der Waals surface area contributed by atoms with Crippen LogP contribution in [-0.2, 0) is 17.8 Å². The number of hydrogen-bond donors (Lipinski definition) is 0. The van der Waals surface area contributed by atoms with Crippen molar-refractivity contribution in [1.82, 2.24) is 19.9 Å². The number of fused-ring (bicyclic) bond motifs is 1. The van der Waals surface area contributed by atoms with E-state index in [0.717, 1.165) is 35.0 Å². The van der Waals surface area contributed by atoms with Crippen LogP contribution in [0.15, 0.2) is 24.3 Å². The summed E-state index contributed by atoms with van der Waals surface area (Å²) in [5.41, 5.74) is 3.93. The van der Waals surface area contributed by atoms with E-state index in [0.29, 0.717) is 19.7 Å². The lowest BCUT2D eigenvalue weighted by Crippen LogP contribution is -2.40. The fourth-order valence-electron chi connectivity index (χ4n) is 3.56. The minimum atomic E-state index is 0.0449. The van der Waals surface area contributed by atoms with E-state index >= 15 is 0 Å². The molecule has 0 bridgehead atoms. The fourth-order valence-corrected chi connectivity index (χ4v) is 3.56. The minimum Gasteiger partial charge on any atom is -0.384 e. The topological polar surface area (TPSA) is 60.2 Å². The predicted molar refractivity (Wildman–Crippen MR) is 93.3 cm³/mol. The summed E-state index contributed by atoms with van der Waals surface area (Å²) < 4.78 is 7.47. The Morgan fingerprint density at radius 1 is 1.28 bits per heavy atom. The maximum Gasteiger partial charge on any atom is 0.254 e. The average Bonchev–Trinajstić information content (AvgIpc) is 3.34. The Morgan fingerprint density at radius 3 is 2.72 bits per heavy atom. The lowest BCUT2D eigenvalue weighted by Gasteiger charge is -2.32. The molecule has 4 rings (SSSR count). The van der Waals surface area contributed by atoms with Crippen molar-refractivity contribution in [2.45, 2.75) is 38.8 Å². The largest absolute Gasteiger partial charge is 0.384 e. The Balaban J connectivity index is 1.59. The Morgan fingerprint density at radius 2 is 2.04 bits per heavy atom. The summed E-state index contributed by atoms with van der Waals surface area (Å²) in [6.45, 7) is 4.70. The number of benzene rings is 1. The maximum atomic E-state index is 12.9. The van der Waals surface area contributed by atoms with Gasteiger partial charge in [-0.15, -0.1) is 5.10 Å². The summed E-state index contributed by atoms with van der Waals surface area (Å²) in [7, 11) is 1.70. The molecule has 0 unspecified atom stereocenters. The molecule has 1 atom stereocenters. The van der Waals surface area contributed by atoms with Gasteiger partial charge in [0.2, 0.25) is 0 Å². The summed E-state index contributed by atoms with van der Waals surface area (Å²) in [5, 5.41) is 8.74. The van der Waals surface area contributed by atoms with Gasteiger partial charge < -0.3 is 9.64 Å². The second-order valence-electron chi connectivity index (χ2n) is 7.25. The zero-order chi connectivity index (χ0) is 17.4. The highest BCUT2D eigenvalue weighted by molar-refractivity contribution is 5.94. The van der Waals surface area contributed by atoms with E-state index in [-0.39, 0.29) is 11.8 Å². The van der Waals surface area contributed by atoms with Gasteiger partial charge in [0.15, 0.2) is 0 Å². The highest BCUT2D eigenvalue weighted by Gasteiger charge is 2.34. The van der Waals surface area contributed by atoms with Crippen molar-refractivity contribution in [2.24, 2.45) is 5.92 Å². The van der Waals surface area contributed by atoms with Gasteiger partial charge in [-0.05, 0) is 37.8 Å². The molecule has 1 amide bonds. The molecule has 1 aliphatic heterocycles. The molecule has 1 aromatic carbocycles. The lowest BCUT2D eigenvalue weighted by molar-refractivity contribution is 0.0672. The van der Waals surface area contributed by atoms with Crippen LogP contribution in [0.5, 0.6) is 0 Å². The summed E-state index contributed by atoms with van der Waals surface area (Å²) >= 11 is 0. The molecule has 2 aliphatic rings. The molecule has 0 spiro atoms. The molecule has 2 aromatic rings. The summed E-state index contributed by atoms with van der Waals surface area (Å²) in [6, 6.07) is 7.73. The van der Waals surface area contributed by atoms with Crippen LogP contribution in [0.25, 0.3) is 0 Å². The first-order valence-corrected chi connectivity index (χ1v) is 8.93. The molecule has 0 N–H and O–H groups in total. The maximum absolute atomic E-state index is 12.9. The van der Waals surface area contributed by atoms with Gasteiger partial charge in [-0.25, -0.2) is 4.68 Å². The number of nitrogens with zero attached hydrogens (tertiary/aromatic N) is 4. The Labute approximate surface area is 147 Å². The zero-order valence-corrected chi connectivity index (χ0v) is 14.8. The Hall–Kier alpha value is -2.21. The van der Waals surface area contributed by atoms with E-state index in [1.54, 1.807) is 7.11 Å². The molecule has 1 fully saturated rings. The number of amides is 1. The SMILES string of the molecule is COC[C@H]1CN(C(=O)c2ccc(C)cc2)Cc2nnn(CC3CC3)c21. The molecule has 1 saturated carbocycles. The molecular weight excluding hydrogens is 316 g/mol. The number of carbonyl (C=O) groups is 1. The van der Waals surface area contributed by atoms with Crippen LogP contribution in [0.1, 0.15) is 46.1 Å². The third-order valence-electron chi connectivity index (χ3n) is 5.10. The van der Waals surface area contributed by atoms with Gasteiger partial charge in [0, 0.05) is 31.7 Å². The van der Waals surface area contributed by atoms with Crippen LogP contribution < -0.4 is 0 Å². The second kappa shape index (κ2) is 6.59. The van der Waals surface area contributed by atoms with Crippen LogP contribution >= 0.6 is 0 Å². The van der Waals surface area contributed by atoms with Crippen LogP contribution in [0, 0.1) is 12.8 Å². The van der Waals surface area contributed by atoms with Crippen molar-refractivity contribution in [3.05, 3.63) is 46.8 Å². The Kier molecular flexibility index (Phi) is 4.29. The highest BCUT2D eigenvalue weighted by atomic mass is 16.5. The van der Waals surface area contributed by atoms with Crippen molar-refractivity contribution in [3.63, 3.8) is 0 Å². The number of carbonyl (C=O) groups excluding carboxylic acids is 1. The third kappa shape index (κ3) is 3.31. The summed E-state index contributed by atoms with van der Waals surface area (Å²) in [5.74, 6) is 0.904. The summed E-state index contributed by atoms with van der Waals surface area (Å²) in [6.07, 6.45) is 2.56. The molecular formula is C19H24N4O2. The second-order valence-corrected chi connectivity index (χ2v) is 7.25. The zero-order valence-electron chi connectivity index (χ0n) is 14.8. The third-order valence-corrected chi connectivity index (χ3v) is 5.10. The van der Waals surface area contributed by atoms with Crippen molar-refractivity contribution < 1.29 is 9.53 Å². The molecule has 132 valence electrons. The van der Waals surface area contributed by atoms with Crippen molar-refractivity contribution in [2.75, 3.05) is 20.3 Å². The van der Waals surface area contributed by atoms with Crippen molar-refractivity contribution in [1.29, 1.82) is 0 Å². The lowest BCUT2D eigenvalue weighted by atomic mass is 9.98. The number of aryl methyl sites for hydroxylation is 1. The Bertz CT molecular complexity index is 764. The number of hydrogen-bond acceptors (Lipinski definition) is 4. The van der Waals surface area contributed by atoms with Gasteiger partial charge in [0.05, 0.1) is 18.8 Å². The average molecular weight is 340 g/mol. The van der Waals surface area contributed by atoms with E-state index in [2.05, 4.69) is 10.3 Å². The number of rotatable bonds is 5. The van der Waals surface area contributed by atoms with Crippen LogP contribution in [-0.4, -0.2) is 46.1 Å². The molecule has 6 heteroatoms. The van der Waals surface area contributed by atoms with Gasteiger partial charge in [-0.2, -0.15) is 0 Å². The highest BCUT2D eigenvalue weighted by Crippen LogP contribution is 2.34. The van der Waals surface area contributed by atoms with Crippen LogP contribution in [0.2, 0.25) is 0 Å². The number of ether oxygens (including phenoxy) is 1. The van der Waals surface area contributed by atoms with Crippen molar-refractivity contribution in [3.8, 4) is 0 Å². The van der Waals surface area contributed by atoms with Crippen molar-refractivity contribution >= 4 is 5.91 Å². The first kappa shape index (κ1) is 16.3. The number of methoxy groups -OCH3 is 1. The molecule has 0 radical (unpaired) electrons. The molecule has 0 saturated heterocycles. The van der Waals surface area contributed by atoms with E-state index in [4.69, 9.17) is 4.74 Å². The monoisotopic (exact) mass is 340 g/mol. The molecule has 6 nitrogen and oxygen atoms in total. The van der Waals surface area contributed by atoms with Gasteiger partial charge in [0.1, 0.15) is 5.69 Å². The van der Waals surface area contributed by atoms with Crippen LogP contribution in [0.3, 0.4) is 0 Å². The van der Waals surface area contributed by atoms with Crippen LogP contribution in [0.4, 0.5) is 0 Å². The fraction of sp³-hybridized carbons (Fsp3) is 0.526. The molecule has 2 heterocycles. The smallest absolute Gasteiger partial charge is 0.254 e. The minimum absolute atomic E-state index is 0.0449.